The van der Waals surface area contributed by atoms with Gasteiger partial charge in [0.1, 0.15) is 12.1 Å². The molecule has 0 aliphatic heterocycles. The number of rotatable bonds is 7. The summed E-state index contributed by atoms with van der Waals surface area (Å²) < 4.78 is 34.2. The molecule has 2 heterocycles. The van der Waals surface area contributed by atoms with Crippen LogP contribution in [0.3, 0.4) is 0 Å². The highest BCUT2D eigenvalue weighted by atomic mass is 19.3. The summed E-state index contributed by atoms with van der Waals surface area (Å²) in [7, 11) is 1.54. The van der Waals surface area contributed by atoms with Crippen molar-refractivity contribution in [2.24, 2.45) is 0 Å². The van der Waals surface area contributed by atoms with E-state index in [1.165, 1.54) is 37.5 Å². The first kappa shape index (κ1) is 24.8. The summed E-state index contributed by atoms with van der Waals surface area (Å²) in [5.41, 5.74) is 2.66. The molecule has 2 N–H and O–H groups in total. The second kappa shape index (κ2) is 9.73. The molecule has 0 bridgehead atoms. The fourth-order valence-electron chi connectivity index (χ4n) is 4.08. The van der Waals surface area contributed by atoms with E-state index in [1.807, 2.05) is 6.92 Å². The van der Waals surface area contributed by atoms with Crippen molar-refractivity contribution in [3.63, 3.8) is 0 Å². The van der Waals surface area contributed by atoms with Crippen molar-refractivity contribution < 1.29 is 23.0 Å². The summed E-state index contributed by atoms with van der Waals surface area (Å²) in [4.78, 5) is 24.3. The smallest absolute Gasteiger partial charge is 0.300 e. The van der Waals surface area contributed by atoms with Crippen LogP contribution in [0.1, 0.15) is 40.7 Å². The van der Waals surface area contributed by atoms with Crippen molar-refractivity contribution >= 4 is 11.6 Å². The molecule has 0 saturated heterocycles. The van der Waals surface area contributed by atoms with Gasteiger partial charge < -0.3 is 15.3 Å². The number of aryl methyl sites for hydroxylation is 1. The van der Waals surface area contributed by atoms with E-state index in [0.29, 0.717) is 38.6 Å². The molecular weight excluding hydrogens is 468 g/mol. The van der Waals surface area contributed by atoms with Crippen LogP contribution in [0, 0.1) is 19.1 Å². The number of methoxy groups -OCH3 is 1. The molecule has 10 heteroatoms. The first-order chi connectivity index (χ1) is 17.2. The maximum absolute atomic E-state index is 14.1. The van der Waals surface area contributed by atoms with Crippen molar-refractivity contribution in [1.29, 1.82) is 0 Å². The van der Waals surface area contributed by atoms with Gasteiger partial charge in [-0.2, -0.15) is 0 Å². The molecule has 1 amide bonds. The topological polar surface area (TPSA) is 107 Å². The second-order valence-corrected chi connectivity index (χ2v) is 8.24. The maximum atomic E-state index is 14.1. The summed E-state index contributed by atoms with van der Waals surface area (Å²) >= 11 is 0. The van der Waals surface area contributed by atoms with Gasteiger partial charge in [0, 0.05) is 36.4 Å². The second-order valence-electron chi connectivity index (χ2n) is 8.24. The number of carbonyl (C=O) groups excluding carboxylic acids is 1. The molecule has 0 aliphatic carbocycles. The van der Waals surface area contributed by atoms with E-state index in [9.17, 15) is 18.8 Å². The van der Waals surface area contributed by atoms with E-state index in [1.54, 1.807) is 38.4 Å². The van der Waals surface area contributed by atoms with Crippen molar-refractivity contribution in [2.75, 3.05) is 12.4 Å². The molecule has 8 nitrogen and oxygen atoms in total. The molecule has 0 fully saturated rings. The number of ether oxygens (including phenoxy) is 1. The van der Waals surface area contributed by atoms with Gasteiger partial charge in [-0.1, -0.05) is 19.1 Å². The Balaban J connectivity index is 1.72. The number of alkyl halides is 2. The largest absolute Gasteiger partial charge is 0.710 e. The molecule has 2 aromatic heterocycles. The Kier molecular flexibility index (Phi) is 6.69. The average Bonchev–Trinajstić information content (AvgIpc) is 3.17. The van der Waals surface area contributed by atoms with Gasteiger partial charge in [0.05, 0.1) is 18.4 Å². The van der Waals surface area contributed by atoms with Gasteiger partial charge >= 0.3 is 0 Å². The predicted octanol–water partition coefficient (Wildman–Crippen LogP) is 5.15. The minimum Gasteiger partial charge on any atom is -0.710 e. The molecule has 0 spiro atoms. The molecule has 4 aromatic rings. The predicted molar refractivity (Wildman–Crippen MR) is 131 cm³/mol. The third-order valence-electron chi connectivity index (χ3n) is 6.01. The molecule has 0 unspecified atom stereocenters. The van der Waals surface area contributed by atoms with Crippen LogP contribution in [0.2, 0.25) is 0 Å². The van der Waals surface area contributed by atoms with E-state index in [0.717, 1.165) is 0 Å². The lowest BCUT2D eigenvalue weighted by molar-refractivity contribution is -0.594. The molecule has 186 valence electrons. The number of imidazole rings is 1. The van der Waals surface area contributed by atoms with Crippen LogP contribution >= 0.6 is 0 Å². The normalized spacial score (nSPS) is 11.4. The molecule has 0 aliphatic rings. The number of amides is 1. The van der Waals surface area contributed by atoms with Gasteiger partial charge in [-0.05, 0) is 42.8 Å². The molecule has 0 saturated carbocycles. The van der Waals surface area contributed by atoms with E-state index >= 15 is 0 Å². The number of nitrogens with zero attached hydrogens (tertiary/aromatic N) is 3. The SMILES string of the molecule is CCC(F)(F)c1cccc(NC(=O)c2c(C)[nH]c(-c3ccc(OC)c(-c4ccncn4)c3C)[n+]2[O-])c1. The Labute approximate surface area is 206 Å². The highest BCUT2D eigenvalue weighted by Gasteiger charge is 2.30. The standard InChI is InChI=1S/C26H25F2N5O3/c1-5-26(27,28)17-7-6-8-18(13-17)32-25(34)23-16(3)31-24(33(23)35)19-9-10-21(36-4)22(15(19)2)20-11-12-29-14-30-20/h6-14,31H,5H2,1-4H3,(H,32,34). The quantitative estimate of drug-likeness (QED) is 0.273. The van der Waals surface area contributed by atoms with Crippen molar-refractivity contribution in [1.82, 2.24) is 15.0 Å². The number of aromatic nitrogens is 4. The van der Waals surface area contributed by atoms with Crippen LogP contribution in [0.25, 0.3) is 22.6 Å². The monoisotopic (exact) mass is 493 g/mol. The summed E-state index contributed by atoms with van der Waals surface area (Å²) in [6.45, 7) is 4.80. The lowest BCUT2D eigenvalue weighted by atomic mass is 9.98. The highest BCUT2D eigenvalue weighted by molar-refractivity contribution is 6.03. The van der Waals surface area contributed by atoms with Gasteiger partial charge in [-0.3, -0.25) is 4.79 Å². The molecular formula is C26H25F2N5O3. The Bertz CT molecular complexity index is 1420. The van der Waals surface area contributed by atoms with Gasteiger partial charge in [0.25, 0.3) is 17.7 Å². The number of halogens is 2. The van der Waals surface area contributed by atoms with Gasteiger partial charge in [-0.25, -0.2) is 28.5 Å². The minimum atomic E-state index is -3.02. The number of aromatic amines is 1. The zero-order chi connectivity index (χ0) is 26.0. The van der Waals surface area contributed by atoms with Crippen LogP contribution < -0.4 is 14.8 Å². The average molecular weight is 494 g/mol. The summed E-state index contributed by atoms with van der Waals surface area (Å²) in [5, 5.41) is 15.9. The van der Waals surface area contributed by atoms with E-state index in [2.05, 4.69) is 20.3 Å². The molecule has 2 aromatic carbocycles. The third kappa shape index (κ3) is 4.49. The van der Waals surface area contributed by atoms with E-state index < -0.39 is 11.8 Å². The summed E-state index contributed by atoms with van der Waals surface area (Å²) in [6, 6.07) is 10.6. The Morgan fingerprint density at radius 2 is 2.00 bits per heavy atom. The van der Waals surface area contributed by atoms with Gasteiger partial charge in [-0.15, -0.1) is 0 Å². The number of hydrogen-bond acceptors (Lipinski definition) is 5. The molecule has 36 heavy (non-hydrogen) atoms. The number of anilines is 1. The zero-order valence-corrected chi connectivity index (χ0v) is 20.2. The van der Waals surface area contributed by atoms with E-state index in [4.69, 9.17) is 4.74 Å². The Morgan fingerprint density at radius 3 is 2.67 bits per heavy atom. The van der Waals surface area contributed by atoms with Crippen molar-refractivity contribution in [3.8, 4) is 28.4 Å². The third-order valence-corrected chi connectivity index (χ3v) is 6.01. The van der Waals surface area contributed by atoms with Crippen molar-refractivity contribution in [3.05, 3.63) is 82.7 Å². The summed E-state index contributed by atoms with van der Waals surface area (Å²) in [5.74, 6) is -3.02. The summed E-state index contributed by atoms with van der Waals surface area (Å²) in [6.07, 6.45) is 2.65. The molecule has 4 rings (SSSR count). The number of carbonyl (C=O) groups is 1. The number of H-pyrrole nitrogens is 1. The van der Waals surface area contributed by atoms with Gasteiger partial charge in [0.15, 0.2) is 5.69 Å². The highest BCUT2D eigenvalue weighted by Crippen LogP contribution is 2.37. The zero-order valence-electron chi connectivity index (χ0n) is 20.2. The number of hydrogen-bond donors (Lipinski definition) is 2. The van der Waals surface area contributed by atoms with Crippen LogP contribution in [-0.2, 0) is 5.92 Å². The van der Waals surface area contributed by atoms with Gasteiger partial charge in [0.2, 0.25) is 5.69 Å². The number of nitrogens with one attached hydrogen (secondary N) is 2. The van der Waals surface area contributed by atoms with Crippen LogP contribution in [0.4, 0.5) is 14.5 Å². The first-order valence-electron chi connectivity index (χ1n) is 11.2. The fraction of sp³-hybridized carbons (Fsp3) is 0.231. The lowest BCUT2D eigenvalue weighted by Crippen LogP contribution is -2.36. The lowest BCUT2D eigenvalue weighted by Gasteiger charge is -2.16. The van der Waals surface area contributed by atoms with Crippen molar-refractivity contribution in [2.45, 2.75) is 33.1 Å². The fourth-order valence-corrected chi connectivity index (χ4v) is 4.08. The Morgan fingerprint density at radius 1 is 1.22 bits per heavy atom. The molecule has 0 radical (unpaired) electrons. The number of benzene rings is 2. The van der Waals surface area contributed by atoms with Crippen LogP contribution in [0.15, 0.2) is 55.0 Å². The maximum Gasteiger partial charge on any atom is 0.300 e. The Hall–Kier alpha value is -4.34. The van der Waals surface area contributed by atoms with E-state index in [-0.39, 0.29) is 29.2 Å². The first-order valence-corrected chi connectivity index (χ1v) is 11.2. The minimum absolute atomic E-state index is 0.152. The molecule has 0 atom stereocenters. The van der Waals surface area contributed by atoms with Crippen LogP contribution in [0.5, 0.6) is 5.75 Å². The van der Waals surface area contributed by atoms with Crippen LogP contribution in [-0.4, -0.2) is 28.0 Å².